The van der Waals surface area contributed by atoms with Gasteiger partial charge in [0.2, 0.25) is 0 Å². The number of carbonyl (C=O) groups is 1. The van der Waals surface area contributed by atoms with Crippen molar-refractivity contribution in [1.29, 1.82) is 0 Å². The van der Waals surface area contributed by atoms with E-state index in [-0.39, 0.29) is 5.56 Å². The van der Waals surface area contributed by atoms with Crippen molar-refractivity contribution in [2.45, 2.75) is 38.6 Å². The van der Waals surface area contributed by atoms with E-state index in [0.29, 0.717) is 77.7 Å². The molecular weight excluding hydrogens is 599 g/mol. The molecule has 0 spiro atoms. The zero-order valence-electron chi connectivity index (χ0n) is 26.9. The van der Waals surface area contributed by atoms with Gasteiger partial charge < -0.3 is 24.7 Å². The minimum Gasteiger partial charge on any atom is -0.493 e. The number of halogens is 1. The van der Waals surface area contributed by atoms with Crippen LogP contribution in [0.2, 0.25) is 0 Å². The predicted molar refractivity (Wildman–Crippen MR) is 181 cm³/mol. The van der Waals surface area contributed by atoms with Crippen LogP contribution in [-0.2, 0) is 0 Å². The molecule has 1 unspecified atom stereocenters. The number of benzene rings is 3. The van der Waals surface area contributed by atoms with Crippen molar-refractivity contribution in [1.82, 2.24) is 14.6 Å². The number of nitrogens with one attached hydrogen (secondary N) is 1. The topological polar surface area (TPSA) is 92.2 Å². The minimum absolute atomic E-state index is 0.185. The highest BCUT2D eigenvalue weighted by molar-refractivity contribution is 6.03. The number of ether oxygens (including phenoxy) is 2. The summed E-state index contributed by atoms with van der Waals surface area (Å²) in [7, 11) is 2.06. The summed E-state index contributed by atoms with van der Waals surface area (Å²) in [5.74, 6) is 2.27. The summed E-state index contributed by atoms with van der Waals surface area (Å²) >= 11 is 0. The van der Waals surface area contributed by atoms with Gasteiger partial charge in [-0.3, -0.25) is 9.69 Å². The third-order valence-corrected chi connectivity index (χ3v) is 9.16. The van der Waals surface area contributed by atoms with Gasteiger partial charge in [-0.1, -0.05) is 12.1 Å². The van der Waals surface area contributed by atoms with E-state index in [4.69, 9.17) is 14.5 Å². The van der Waals surface area contributed by atoms with E-state index in [2.05, 4.69) is 17.3 Å². The Morgan fingerprint density at radius 1 is 0.957 bits per heavy atom. The van der Waals surface area contributed by atoms with Crippen LogP contribution in [0.15, 0.2) is 71.5 Å². The summed E-state index contributed by atoms with van der Waals surface area (Å²) in [5.41, 5.74) is 1.32. The van der Waals surface area contributed by atoms with Gasteiger partial charge in [0.25, 0.3) is 5.56 Å². The second-order valence-electron chi connectivity index (χ2n) is 13.0. The largest absolute Gasteiger partial charge is 0.493 e. The first-order valence-corrected chi connectivity index (χ1v) is 16.5. The van der Waals surface area contributed by atoms with E-state index >= 15 is 0 Å². The molecule has 11 heteroatoms. The number of rotatable bonds is 11. The molecule has 47 heavy (non-hydrogen) atoms. The monoisotopic (exact) mass is 640 g/mol. The van der Waals surface area contributed by atoms with Gasteiger partial charge in [0, 0.05) is 37.9 Å². The average molecular weight is 641 g/mol. The van der Waals surface area contributed by atoms with E-state index in [1.807, 2.05) is 48.3 Å². The number of fused-ring (bicyclic) bond motifs is 1. The highest BCUT2D eigenvalue weighted by Crippen LogP contribution is 2.40. The number of likely N-dealkylation sites (N-methyl/N-ethyl adjacent to an activating group) is 1. The van der Waals surface area contributed by atoms with Crippen molar-refractivity contribution in [3.8, 4) is 11.5 Å². The average Bonchev–Trinajstić information content (AvgIpc) is 4.01. The second kappa shape index (κ2) is 13.2. The van der Waals surface area contributed by atoms with Crippen LogP contribution in [0.25, 0.3) is 10.9 Å². The maximum absolute atomic E-state index is 14.4. The van der Waals surface area contributed by atoms with E-state index < -0.39 is 17.9 Å². The van der Waals surface area contributed by atoms with E-state index in [1.165, 1.54) is 37.1 Å². The molecule has 2 aliphatic carbocycles. The Morgan fingerprint density at radius 2 is 1.64 bits per heavy atom. The normalized spacial score (nSPS) is 17.4. The molecule has 1 aromatic heterocycles. The SMILES string of the molecule is CC(c1nc2ccccc2c(=O)n1N1CCN(C)CC1)N(C(=O)Nc1ccc(F)cc1)c1ccc(OCC2CC2)cc1OCC1CC1. The van der Waals surface area contributed by atoms with Gasteiger partial charge in [0.1, 0.15) is 17.3 Å². The van der Waals surface area contributed by atoms with Crippen molar-refractivity contribution >= 4 is 28.3 Å². The lowest BCUT2D eigenvalue weighted by Crippen LogP contribution is -2.55. The quantitative estimate of drug-likeness (QED) is 0.222. The van der Waals surface area contributed by atoms with Crippen LogP contribution >= 0.6 is 0 Å². The summed E-state index contributed by atoms with van der Waals surface area (Å²) in [6, 6.07) is 17.3. The Kier molecular flexibility index (Phi) is 8.72. The van der Waals surface area contributed by atoms with Crippen LogP contribution in [0.3, 0.4) is 0 Å². The number of urea groups is 1. The maximum Gasteiger partial charge on any atom is 0.327 e. The first kappa shape index (κ1) is 31.0. The molecular formula is C36H41FN6O4. The number of hydrogen-bond donors (Lipinski definition) is 1. The number of nitrogens with zero attached hydrogens (tertiary/aromatic N) is 5. The third-order valence-electron chi connectivity index (χ3n) is 9.16. The first-order chi connectivity index (χ1) is 22.8. The van der Waals surface area contributed by atoms with Crippen LogP contribution in [0.5, 0.6) is 11.5 Å². The Bertz CT molecular complexity index is 1800. The van der Waals surface area contributed by atoms with Gasteiger partial charge in [-0.15, -0.1) is 0 Å². The summed E-state index contributed by atoms with van der Waals surface area (Å²) in [6.07, 6.45) is 4.56. The third kappa shape index (κ3) is 7.05. The van der Waals surface area contributed by atoms with Gasteiger partial charge in [-0.05, 0) is 100 Å². The maximum atomic E-state index is 14.4. The lowest BCUT2D eigenvalue weighted by atomic mass is 10.1. The van der Waals surface area contributed by atoms with Crippen LogP contribution < -0.4 is 30.3 Å². The molecule has 7 rings (SSSR count). The fraction of sp³-hybridized carbons (Fsp3) is 0.417. The Labute approximate surface area is 273 Å². The van der Waals surface area contributed by atoms with Gasteiger partial charge in [-0.25, -0.2) is 18.8 Å². The number of aromatic nitrogens is 2. The fourth-order valence-corrected chi connectivity index (χ4v) is 5.90. The Morgan fingerprint density at radius 3 is 2.34 bits per heavy atom. The van der Waals surface area contributed by atoms with Crippen LogP contribution in [0.1, 0.15) is 44.5 Å². The first-order valence-electron chi connectivity index (χ1n) is 16.5. The van der Waals surface area contributed by atoms with Crippen molar-refractivity contribution in [2.24, 2.45) is 11.8 Å². The molecule has 1 N–H and O–H groups in total. The summed E-state index contributed by atoms with van der Waals surface area (Å²) in [6.45, 7) is 5.86. The minimum atomic E-state index is -0.728. The molecule has 3 aliphatic rings. The van der Waals surface area contributed by atoms with Crippen molar-refractivity contribution in [3.63, 3.8) is 0 Å². The van der Waals surface area contributed by atoms with Gasteiger partial charge >= 0.3 is 6.03 Å². The van der Waals surface area contributed by atoms with Crippen molar-refractivity contribution in [3.05, 3.63) is 88.7 Å². The lowest BCUT2D eigenvalue weighted by molar-refractivity contribution is 0.253. The lowest BCUT2D eigenvalue weighted by Gasteiger charge is -2.38. The van der Waals surface area contributed by atoms with Crippen molar-refractivity contribution in [2.75, 3.05) is 61.7 Å². The molecule has 10 nitrogen and oxygen atoms in total. The Hall–Kier alpha value is -4.64. The molecule has 0 radical (unpaired) electrons. The van der Waals surface area contributed by atoms with E-state index in [0.717, 1.165) is 25.9 Å². The molecule has 2 amide bonds. The molecule has 0 bridgehead atoms. The standard InChI is InChI=1S/C36H41FN6O4/c1-24(34-39-31-6-4-3-5-30(31)35(44)43(34)41-19-17-40(2)18-20-41)42(36(45)38-28-13-11-27(37)12-14-28)32-16-15-29(46-22-25-7-8-25)21-33(32)47-23-26-9-10-26/h3-6,11-16,21,24-26H,7-10,17-20,22-23H2,1-2H3,(H,38,45). The fourth-order valence-electron chi connectivity index (χ4n) is 5.90. The Balaban J connectivity index is 1.33. The number of anilines is 2. The van der Waals surface area contributed by atoms with Gasteiger partial charge in [0.05, 0.1) is 35.8 Å². The summed E-state index contributed by atoms with van der Waals surface area (Å²) in [5, 5.41) is 5.47. The molecule has 4 aromatic rings. The number of para-hydroxylation sites is 1. The van der Waals surface area contributed by atoms with E-state index in [9.17, 15) is 14.0 Å². The molecule has 2 heterocycles. The predicted octanol–water partition coefficient (Wildman–Crippen LogP) is 5.80. The molecule has 1 aliphatic heterocycles. The smallest absolute Gasteiger partial charge is 0.327 e. The molecule has 2 saturated carbocycles. The number of carbonyl (C=O) groups excluding carboxylic acids is 1. The van der Waals surface area contributed by atoms with Crippen LogP contribution in [0, 0.1) is 17.7 Å². The zero-order valence-corrected chi connectivity index (χ0v) is 26.9. The molecule has 3 aromatic carbocycles. The zero-order chi connectivity index (χ0) is 32.5. The highest BCUT2D eigenvalue weighted by Gasteiger charge is 2.33. The molecule has 3 fully saturated rings. The van der Waals surface area contributed by atoms with Gasteiger partial charge in [0.15, 0.2) is 5.82 Å². The molecule has 1 atom stereocenters. The number of amides is 2. The second-order valence-corrected chi connectivity index (χ2v) is 13.0. The molecule has 1 saturated heterocycles. The van der Waals surface area contributed by atoms with Gasteiger partial charge in [-0.2, -0.15) is 0 Å². The number of hydrogen-bond acceptors (Lipinski definition) is 7. The number of piperazine rings is 1. The highest BCUT2D eigenvalue weighted by atomic mass is 19.1. The van der Waals surface area contributed by atoms with E-state index in [1.54, 1.807) is 15.6 Å². The molecule has 246 valence electrons. The van der Waals surface area contributed by atoms with Crippen molar-refractivity contribution < 1.29 is 18.7 Å². The summed E-state index contributed by atoms with van der Waals surface area (Å²) < 4.78 is 27.9. The van der Waals surface area contributed by atoms with Crippen LogP contribution in [0.4, 0.5) is 20.6 Å². The van der Waals surface area contributed by atoms with Crippen LogP contribution in [-0.4, -0.2) is 67.0 Å². The summed E-state index contributed by atoms with van der Waals surface area (Å²) in [4.78, 5) is 37.4.